The van der Waals surface area contributed by atoms with Crippen molar-refractivity contribution in [3.05, 3.63) is 64.7 Å². The molecule has 0 unspecified atom stereocenters. The molecule has 3 amide bonds. The molecule has 2 aromatic carbocycles. The molecular weight excluding hydrogens is 423 g/mol. The number of halogens is 9. The van der Waals surface area contributed by atoms with Crippen molar-refractivity contribution in [1.29, 1.82) is 0 Å². The summed E-state index contributed by atoms with van der Waals surface area (Å²) in [7, 11) is 0. The van der Waals surface area contributed by atoms with Crippen LogP contribution in [0.2, 0.25) is 0 Å². The summed E-state index contributed by atoms with van der Waals surface area (Å²) in [5, 5.41) is 2.81. The predicted octanol–water partition coefficient (Wildman–Crippen LogP) is 4.86. The molecule has 0 saturated carbocycles. The van der Waals surface area contributed by atoms with Gasteiger partial charge in [-0.2, -0.15) is 22.0 Å². The minimum absolute atomic E-state index is 0.182. The summed E-state index contributed by atoms with van der Waals surface area (Å²) in [6.45, 7) is 0. The Morgan fingerprint density at radius 3 is 1.86 bits per heavy atom. The largest absolute Gasteiger partial charge is 0.458 e. The van der Waals surface area contributed by atoms with Crippen molar-refractivity contribution in [3.63, 3.8) is 0 Å². The molecule has 0 aliphatic heterocycles. The number of hydrogen-bond acceptors (Lipinski definition) is 2. The van der Waals surface area contributed by atoms with E-state index in [0.29, 0.717) is 12.1 Å². The van der Waals surface area contributed by atoms with Gasteiger partial charge in [0, 0.05) is 6.07 Å². The van der Waals surface area contributed by atoms with Crippen LogP contribution in [0, 0.1) is 23.3 Å². The van der Waals surface area contributed by atoms with E-state index in [9.17, 15) is 49.1 Å². The quantitative estimate of drug-likeness (QED) is 0.684. The van der Waals surface area contributed by atoms with Crippen molar-refractivity contribution >= 4 is 17.6 Å². The molecule has 2 N–H and O–H groups in total. The fourth-order valence-corrected chi connectivity index (χ4v) is 2.07. The Balaban J connectivity index is 2.24. The monoisotopic (exact) mass is 430 g/mol. The first-order chi connectivity index (χ1) is 13.3. The summed E-state index contributed by atoms with van der Waals surface area (Å²) >= 11 is 0. The van der Waals surface area contributed by atoms with Gasteiger partial charge >= 0.3 is 18.1 Å². The van der Waals surface area contributed by atoms with Crippen molar-refractivity contribution in [2.45, 2.75) is 12.1 Å². The van der Waals surface area contributed by atoms with Crippen molar-refractivity contribution in [1.82, 2.24) is 5.32 Å². The van der Waals surface area contributed by atoms with Gasteiger partial charge in [-0.3, -0.25) is 10.1 Å². The second-order valence-corrected chi connectivity index (χ2v) is 5.39. The molecule has 0 aromatic heterocycles. The fraction of sp³-hybridized carbons (Fsp3) is 0.125. The third-order valence-corrected chi connectivity index (χ3v) is 3.42. The minimum Gasteiger partial charge on any atom is -0.305 e. The zero-order valence-electron chi connectivity index (χ0n) is 13.6. The molecule has 29 heavy (non-hydrogen) atoms. The zero-order valence-corrected chi connectivity index (χ0v) is 13.6. The summed E-state index contributed by atoms with van der Waals surface area (Å²) < 4.78 is 118. The number of carbonyl (C=O) groups is 2. The molecule has 0 saturated heterocycles. The van der Waals surface area contributed by atoms with E-state index in [1.807, 2.05) is 0 Å². The van der Waals surface area contributed by atoms with Gasteiger partial charge in [0.05, 0.1) is 11.3 Å². The first-order valence-corrected chi connectivity index (χ1v) is 7.26. The van der Waals surface area contributed by atoms with E-state index in [-0.39, 0.29) is 6.07 Å². The van der Waals surface area contributed by atoms with E-state index in [4.69, 9.17) is 0 Å². The lowest BCUT2D eigenvalue weighted by Crippen LogP contribution is -2.36. The van der Waals surface area contributed by atoms with Crippen LogP contribution in [0.4, 0.5) is 50.0 Å². The smallest absolute Gasteiger partial charge is 0.305 e. The minimum atomic E-state index is -6.22. The average molecular weight is 430 g/mol. The van der Waals surface area contributed by atoms with Crippen LogP contribution < -0.4 is 10.6 Å². The maximum atomic E-state index is 13.8. The second kappa shape index (κ2) is 7.64. The number of rotatable bonds is 3. The van der Waals surface area contributed by atoms with Crippen LogP contribution in [-0.4, -0.2) is 18.1 Å². The van der Waals surface area contributed by atoms with Gasteiger partial charge in [-0.05, 0) is 18.2 Å². The highest BCUT2D eigenvalue weighted by Crippen LogP contribution is 2.45. The Morgan fingerprint density at radius 1 is 0.793 bits per heavy atom. The van der Waals surface area contributed by atoms with Gasteiger partial charge in [0.15, 0.2) is 0 Å². The van der Waals surface area contributed by atoms with E-state index in [1.165, 1.54) is 10.6 Å². The topological polar surface area (TPSA) is 58.2 Å². The average Bonchev–Trinajstić information content (AvgIpc) is 2.56. The molecule has 0 heterocycles. The number of carbonyl (C=O) groups excluding carboxylic acids is 2. The summed E-state index contributed by atoms with van der Waals surface area (Å²) in [6.07, 6.45) is -6.22. The first kappa shape index (κ1) is 22.0. The summed E-state index contributed by atoms with van der Waals surface area (Å²) in [5.74, 6) is -14.2. The Bertz CT molecular complexity index is 953. The molecule has 2 aromatic rings. The van der Waals surface area contributed by atoms with Crippen LogP contribution in [0.25, 0.3) is 0 Å². The first-order valence-electron chi connectivity index (χ1n) is 7.26. The lowest BCUT2D eigenvalue weighted by atomic mass is 10.1. The Morgan fingerprint density at radius 2 is 1.34 bits per heavy atom. The molecule has 4 nitrogen and oxygen atoms in total. The lowest BCUT2D eigenvalue weighted by Gasteiger charge is -2.21. The number of imide groups is 1. The number of hydrogen-bond donors (Lipinski definition) is 2. The molecule has 0 spiro atoms. The van der Waals surface area contributed by atoms with Gasteiger partial charge in [-0.25, -0.2) is 22.4 Å². The fourth-order valence-electron chi connectivity index (χ4n) is 2.07. The maximum absolute atomic E-state index is 13.8. The third kappa shape index (κ3) is 4.43. The molecule has 0 atom stereocenters. The van der Waals surface area contributed by atoms with E-state index < -0.39 is 70.2 Å². The van der Waals surface area contributed by atoms with E-state index in [1.54, 1.807) is 0 Å². The lowest BCUT2D eigenvalue weighted by molar-refractivity contribution is -0.290. The molecule has 0 aliphatic carbocycles. The summed E-state index contributed by atoms with van der Waals surface area (Å²) in [4.78, 5) is 23.3. The van der Waals surface area contributed by atoms with Crippen molar-refractivity contribution in [2.75, 3.05) is 5.32 Å². The van der Waals surface area contributed by atoms with Gasteiger partial charge < -0.3 is 5.32 Å². The maximum Gasteiger partial charge on any atom is 0.458 e. The van der Waals surface area contributed by atoms with Gasteiger partial charge in [0.25, 0.3) is 5.91 Å². The number of benzene rings is 2. The summed E-state index contributed by atoms with van der Waals surface area (Å²) in [6, 6.07) is -0.0619. The zero-order chi connectivity index (χ0) is 22.1. The molecule has 2 rings (SSSR count). The van der Waals surface area contributed by atoms with Gasteiger partial charge in [-0.15, -0.1) is 0 Å². The molecule has 0 aliphatic rings. The van der Waals surface area contributed by atoms with Crippen LogP contribution in [0.3, 0.4) is 0 Å². The van der Waals surface area contributed by atoms with Crippen LogP contribution in [0.5, 0.6) is 0 Å². The second-order valence-electron chi connectivity index (χ2n) is 5.39. The van der Waals surface area contributed by atoms with Crippen molar-refractivity contribution < 1.29 is 49.1 Å². The van der Waals surface area contributed by atoms with E-state index in [0.717, 1.165) is 6.07 Å². The third-order valence-electron chi connectivity index (χ3n) is 3.42. The number of anilines is 1. The van der Waals surface area contributed by atoms with Gasteiger partial charge in [0.2, 0.25) is 0 Å². The Kier molecular flexibility index (Phi) is 5.81. The highest BCUT2D eigenvalue weighted by Gasteiger charge is 2.60. The normalized spacial score (nSPS) is 11.9. The number of alkyl halides is 5. The molecule has 0 bridgehead atoms. The molecule has 156 valence electrons. The highest BCUT2D eigenvalue weighted by atomic mass is 19.4. The van der Waals surface area contributed by atoms with Gasteiger partial charge in [0.1, 0.15) is 28.8 Å². The molecule has 0 fully saturated rings. The molecule has 13 heteroatoms. The number of urea groups is 1. The van der Waals surface area contributed by atoms with E-state index in [2.05, 4.69) is 0 Å². The van der Waals surface area contributed by atoms with Gasteiger partial charge in [-0.1, -0.05) is 6.07 Å². The predicted molar refractivity (Wildman–Crippen MR) is 79.1 cm³/mol. The van der Waals surface area contributed by atoms with E-state index >= 15 is 0 Å². The Hall–Kier alpha value is -3.25. The molecule has 0 radical (unpaired) electrons. The Labute approximate surface area is 155 Å². The van der Waals surface area contributed by atoms with Crippen LogP contribution in [0.1, 0.15) is 15.9 Å². The highest BCUT2D eigenvalue weighted by molar-refractivity contribution is 6.08. The number of nitrogens with one attached hydrogen (secondary N) is 2. The van der Waals surface area contributed by atoms with Crippen LogP contribution >= 0.6 is 0 Å². The van der Waals surface area contributed by atoms with Crippen molar-refractivity contribution in [3.8, 4) is 0 Å². The van der Waals surface area contributed by atoms with Crippen LogP contribution in [0.15, 0.2) is 30.3 Å². The van der Waals surface area contributed by atoms with Crippen LogP contribution in [-0.2, 0) is 5.92 Å². The molecular formula is C16H7F9N2O2. The SMILES string of the molecule is O=C(NC(=O)c1c(F)cccc1F)Nc1cc(F)c(C(F)(F)C(F)(F)F)cc1F. The summed E-state index contributed by atoms with van der Waals surface area (Å²) in [5.41, 5.74) is -4.74. The standard InChI is InChI=1S/C16H7F9N2O2/c17-7-2-1-3-8(18)12(7)13(28)27-14(29)26-11-5-9(19)6(4-10(11)20)15(21,22)16(23,24)25/h1-5H,(H2,26,27,28,29). The van der Waals surface area contributed by atoms with Crippen molar-refractivity contribution in [2.24, 2.45) is 0 Å². The number of amides is 3.